The Labute approximate surface area is 165 Å². The van der Waals surface area contributed by atoms with Crippen molar-refractivity contribution in [2.75, 3.05) is 0 Å². The molecule has 1 aliphatic heterocycles. The van der Waals surface area contributed by atoms with Crippen molar-refractivity contribution in [1.29, 1.82) is 0 Å². The van der Waals surface area contributed by atoms with Crippen molar-refractivity contribution in [3.8, 4) is 0 Å². The average molecular weight is 395 g/mol. The topological polar surface area (TPSA) is 83.9 Å². The van der Waals surface area contributed by atoms with Gasteiger partial charge < -0.3 is 18.8 Å². The number of hydrogen-bond acceptors (Lipinski definition) is 5. The summed E-state index contributed by atoms with van der Waals surface area (Å²) in [6.45, 7) is 3.34. The first-order chi connectivity index (χ1) is 13.9. The number of halogens is 1. The molecule has 1 aromatic carbocycles. The van der Waals surface area contributed by atoms with Crippen molar-refractivity contribution in [1.82, 2.24) is 4.90 Å². The average Bonchev–Trinajstić information content (AvgIpc) is 3.41. The van der Waals surface area contributed by atoms with Gasteiger partial charge in [-0.05, 0) is 49.7 Å². The van der Waals surface area contributed by atoms with E-state index < -0.39 is 29.3 Å². The van der Waals surface area contributed by atoms with Gasteiger partial charge in [0, 0.05) is 5.56 Å². The number of rotatable bonds is 4. The molecule has 1 atom stereocenters. The fourth-order valence-corrected chi connectivity index (χ4v) is 3.41. The van der Waals surface area contributed by atoms with E-state index in [-0.39, 0.29) is 17.7 Å². The molecule has 4 rings (SSSR count). The number of aliphatic hydroxyl groups excluding tert-OH is 1. The summed E-state index contributed by atoms with van der Waals surface area (Å²) < 4.78 is 25.0. The summed E-state index contributed by atoms with van der Waals surface area (Å²) in [5.41, 5.74) is 0.356. The molecule has 1 fully saturated rings. The number of furan rings is 2. The second-order valence-corrected chi connectivity index (χ2v) is 6.92. The molecule has 1 unspecified atom stereocenters. The van der Waals surface area contributed by atoms with Gasteiger partial charge in [0.2, 0.25) is 0 Å². The van der Waals surface area contributed by atoms with E-state index >= 15 is 0 Å². The zero-order chi connectivity index (χ0) is 20.7. The van der Waals surface area contributed by atoms with Gasteiger partial charge in [0.05, 0.1) is 18.4 Å². The molecule has 0 spiro atoms. The molecule has 1 N–H and O–H groups in total. The third-order valence-electron chi connectivity index (χ3n) is 4.92. The van der Waals surface area contributed by atoms with Gasteiger partial charge in [-0.25, -0.2) is 4.39 Å². The van der Waals surface area contributed by atoms with Gasteiger partial charge in [0.1, 0.15) is 34.9 Å². The predicted octanol–water partition coefficient (Wildman–Crippen LogP) is 4.25. The van der Waals surface area contributed by atoms with Gasteiger partial charge in [-0.1, -0.05) is 12.1 Å². The third-order valence-corrected chi connectivity index (χ3v) is 4.92. The minimum Gasteiger partial charge on any atom is -0.507 e. The van der Waals surface area contributed by atoms with Crippen molar-refractivity contribution in [3.63, 3.8) is 0 Å². The van der Waals surface area contributed by atoms with E-state index in [9.17, 15) is 19.1 Å². The molecular formula is C22H18FNO5. The van der Waals surface area contributed by atoms with E-state index in [1.807, 2.05) is 0 Å². The lowest BCUT2D eigenvalue weighted by Gasteiger charge is -2.22. The number of hydrogen-bond donors (Lipinski definition) is 1. The lowest BCUT2D eigenvalue weighted by atomic mass is 9.98. The van der Waals surface area contributed by atoms with Crippen LogP contribution >= 0.6 is 0 Å². The summed E-state index contributed by atoms with van der Waals surface area (Å²) in [6, 6.07) is 9.87. The summed E-state index contributed by atoms with van der Waals surface area (Å²) in [6.07, 6.45) is 1.47. The molecule has 29 heavy (non-hydrogen) atoms. The van der Waals surface area contributed by atoms with Gasteiger partial charge in [-0.2, -0.15) is 0 Å². The van der Waals surface area contributed by atoms with E-state index in [1.165, 1.54) is 23.3 Å². The van der Waals surface area contributed by atoms with Crippen molar-refractivity contribution >= 4 is 17.4 Å². The molecule has 1 aliphatic rings. The Hall–Kier alpha value is -3.61. The molecule has 3 heterocycles. The number of benzene rings is 1. The highest BCUT2D eigenvalue weighted by atomic mass is 19.1. The molecular weight excluding hydrogens is 377 g/mol. The van der Waals surface area contributed by atoms with Gasteiger partial charge >= 0.3 is 0 Å². The van der Waals surface area contributed by atoms with Crippen LogP contribution in [0.2, 0.25) is 0 Å². The van der Waals surface area contributed by atoms with Crippen LogP contribution in [-0.4, -0.2) is 21.7 Å². The quantitative estimate of drug-likeness (QED) is 0.406. The minimum atomic E-state index is -0.960. The molecule has 0 radical (unpaired) electrons. The van der Waals surface area contributed by atoms with Crippen molar-refractivity contribution in [3.05, 3.63) is 88.5 Å². The van der Waals surface area contributed by atoms with E-state index in [0.29, 0.717) is 22.8 Å². The number of carbonyl (C=O) groups excluding carboxylic acids is 2. The van der Waals surface area contributed by atoms with Crippen LogP contribution in [-0.2, 0) is 16.1 Å². The standard InChI is InChI=1S/C22H18FNO5/c1-12-5-7-14(10-16(12)23)20(25)18-19(17-8-6-13(2)29-17)24(22(27)21(18)26)11-15-4-3-9-28-15/h3-10,19,25H,11H2,1-2H3/b20-18+. The number of aliphatic hydroxyl groups is 1. The summed E-state index contributed by atoms with van der Waals surface area (Å²) in [7, 11) is 0. The molecule has 148 valence electrons. The highest BCUT2D eigenvalue weighted by Crippen LogP contribution is 2.41. The maximum absolute atomic E-state index is 14.0. The normalized spacial score (nSPS) is 18.6. The largest absolute Gasteiger partial charge is 0.507 e. The zero-order valence-electron chi connectivity index (χ0n) is 15.8. The number of nitrogens with zero attached hydrogens (tertiary/aromatic N) is 1. The number of likely N-dealkylation sites (tertiary alicyclic amines) is 1. The highest BCUT2D eigenvalue weighted by molar-refractivity contribution is 6.46. The molecule has 0 aliphatic carbocycles. The van der Waals surface area contributed by atoms with Gasteiger partial charge in [-0.3, -0.25) is 9.59 Å². The van der Waals surface area contributed by atoms with Crippen molar-refractivity contribution in [2.24, 2.45) is 0 Å². The summed E-state index contributed by atoms with van der Waals surface area (Å²) >= 11 is 0. The molecule has 1 amide bonds. The maximum atomic E-state index is 14.0. The Morgan fingerprint density at radius 2 is 1.97 bits per heavy atom. The van der Waals surface area contributed by atoms with Gasteiger partial charge in [0.15, 0.2) is 0 Å². The molecule has 7 heteroatoms. The summed E-state index contributed by atoms with van der Waals surface area (Å²) in [4.78, 5) is 26.9. The van der Waals surface area contributed by atoms with E-state index in [0.717, 1.165) is 6.07 Å². The lowest BCUT2D eigenvalue weighted by Crippen LogP contribution is -2.28. The van der Waals surface area contributed by atoms with E-state index in [1.54, 1.807) is 38.1 Å². The van der Waals surface area contributed by atoms with Crippen LogP contribution in [0.3, 0.4) is 0 Å². The monoisotopic (exact) mass is 395 g/mol. The molecule has 3 aromatic rings. The van der Waals surface area contributed by atoms with Gasteiger partial charge in [0.25, 0.3) is 11.7 Å². The Bertz CT molecular complexity index is 1130. The van der Waals surface area contributed by atoms with Crippen LogP contribution in [0.5, 0.6) is 0 Å². The highest BCUT2D eigenvalue weighted by Gasteiger charge is 2.47. The second kappa shape index (κ2) is 7.09. The minimum absolute atomic E-state index is 0.0149. The van der Waals surface area contributed by atoms with Crippen molar-refractivity contribution in [2.45, 2.75) is 26.4 Å². The first-order valence-corrected chi connectivity index (χ1v) is 9.00. The SMILES string of the molecule is Cc1ccc(C2/C(=C(\O)c3ccc(C)c(F)c3)C(=O)C(=O)N2Cc2ccco2)o1. The fourth-order valence-electron chi connectivity index (χ4n) is 3.41. The smallest absolute Gasteiger partial charge is 0.296 e. The second-order valence-electron chi connectivity index (χ2n) is 6.92. The molecule has 2 aromatic heterocycles. The number of amides is 1. The summed E-state index contributed by atoms with van der Waals surface area (Å²) in [5.74, 6) is -1.26. The zero-order valence-corrected chi connectivity index (χ0v) is 15.8. The van der Waals surface area contributed by atoms with Crippen LogP contribution in [0.25, 0.3) is 5.76 Å². The Morgan fingerprint density at radius 1 is 1.17 bits per heavy atom. The summed E-state index contributed by atoms with van der Waals surface area (Å²) in [5, 5.41) is 10.9. The van der Waals surface area contributed by atoms with Crippen LogP contribution in [0, 0.1) is 19.7 Å². The van der Waals surface area contributed by atoms with E-state index in [4.69, 9.17) is 8.83 Å². The number of aryl methyl sites for hydroxylation is 2. The Morgan fingerprint density at radius 3 is 2.59 bits per heavy atom. The maximum Gasteiger partial charge on any atom is 0.296 e. The Balaban J connectivity index is 1.87. The molecule has 6 nitrogen and oxygen atoms in total. The number of Topliss-reactive ketones (excluding diaryl/α,β-unsaturated/α-hetero) is 1. The lowest BCUT2D eigenvalue weighted by molar-refractivity contribution is -0.140. The Kier molecular flexibility index (Phi) is 4.58. The fraction of sp³-hybridized carbons (Fsp3) is 0.182. The predicted molar refractivity (Wildman–Crippen MR) is 101 cm³/mol. The first kappa shape index (κ1) is 18.7. The number of ketones is 1. The van der Waals surface area contributed by atoms with Crippen LogP contribution in [0.4, 0.5) is 4.39 Å². The van der Waals surface area contributed by atoms with Crippen LogP contribution in [0.1, 0.15) is 34.4 Å². The third kappa shape index (κ3) is 3.24. The first-order valence-electron chi connectivity index (χ1n) is 9.00. The van der Waals surface area contributed by atoms with E-state index in [2.05, 4.69) is 0 Å². The molecule has 0 saturated carbocycles. The van der Waals surface area contributed by atoms with Crippen LogP contribution in [0.15, 0.2) is 63.1 Å². The van der Waals surface area contributed by atoms with Crippen LogP contribution < -0.4 is 0 Å². The van der Waals surface area contributed by atoms with Crippen molar-refractivity contribution < 1.29 is 27.9 Å². The number of carbonyl (C=O) groups is 2. The van der Waals surface area contributed by atoms with Gasteiger partial charge in [-0.15, -0.1) is 0 Å². The molecule has 1 saturated heterocycles. The molecule has 0 bridgehead atoms.